The fourth-order valence-electron chi connectivity index (χ4n) is 3.92. The van der Waals surface area contributed by atoms with Gasteiger partial charge in [0, 0.05) is 17.7 Å². The summed E-state index contributed by atoms with van der Waals surface area (Å²) < 4.78 is 47.9. The van der Waals surface area contributed by atoms with Crippen LogP contribution in [0.15, 0.2) is 39.5 Å². The van der Waals surface area contributed by atoms with Gasteiger partial charge >= 0.3 is 10.4 Å². The van der Waals surface area contributed by atoms with Crippen molar-refractivity contribution in [3.8, 4) is 34.3 Å². The molecule has 0 spiro atoms. The average Bonchev–Trinajstić information content (AvgIpc) is 2.79. The summed E-state index contributed by atoms with van der Waals surface area (Å²) in [6.45, 7) is -0.853. The van der Waals surface area contributed by atoms with Crippen LogP contribution in [-0.2, 0) is 15.1 Å². The van der Waals surface area contributed by atoms with Crippen LogP contribution in [-0.4, -0.2) is 79.7 Å². The number of aromatic hydroxyl groups is 3. The van der Waals surface area contributed by atoms with E-state index < -0.39 is 92.5 Å². The molecule has 1 aliphatic heterocycles. The molecule has 15 heteroatoms. The smallest absolute Gasteiger partial charge is 0.446 e. The highest BCUT2D eigenvalue weighted by Crippen LogP contribution is 2.44. The van der Waals surface area contributed by atoms with Gasteiger partial charge in [-0.2, -0.15) is 8.42 Å². The molecule has 4 rings (SSSR count). The molecule has 0 saturated carbocycles. The fraction of sp³-hybridized carbons (Fsp3) is 0.286. The molecular formula is C21H20O14S. The first-order valence-corrected chi connectivity index (χ1v) is 11.5. The predicted molar refractivity (Wildman–Crippen MR) is 118 cm³/mol. The minimum Gasteiger partial charge on any atom is -0.507 e. The highest BCUT2D eigenvalue weighted by atomic mass is 32.3. The molecule has 5 atom stereocenters. The summed E-state index contributed by atoms with van der Waals surface area (Å²) in [5.41, 5.74) is -2.04. The van der Waals surface area contributed by atoms with Crippen molar-refractivity contribution in [3.05, 3.63) is 46.1 Å². The van der Waals surface area contributed by atoms with Gasteiger partial charge in [0.2, 0.25) is 0 Å². The Bertz CT molecular complexity index is 1480. The summed E-state index contributed by atoms with van der Waals surface area (Å²) in [6.07, 6.45) is -9.04. The zero-order chi connectivity index (χ0) is 26.5. The van der Waals surface area contributed by atoms with E-state index in [9.17, 15) is 53.5 Å². The normalized spacial score (nSPS) is 24.6. The molecule has 0 unspecified atom stereocenters. The first kappa shape index (κ1) is 25.6. The van der Waals surface area contributed by atoms with Crippen molar-refractivity contribution >= 4 is 21.4 Å². The van der Waals surface area contributed by atoms with Crippen molar-refractivity contribution in [3.63, 3.8) is 0 Å². The lowest BCUT2D eigenvalue weighted by atomic mass is 9.89. The molecule has 1 saturated heterocycles. The van der Waals surface area contributed by atoms with Gasteiger partial charge in [-0.05, 0) is 18.2 Å². The second kappa shape index (κ2) is 9.21. The summed E-state index contributed by atoms with van der Waals surface area (Å²) in [5.74, 6) is -3.05. The van der Waals surface area contributed by atoms with E-state index in [1.54, 1.807) is 0 Å². The Kier molecular flexibility index (Phi) is 6.56. The number of phenolic OH excluding ortho intramolecular Hbond substituents is 3. The molecular weight excluding hydrogens is 508 g/mol. The molecule has 1 fully saturated rings. The zero-order valence-corrected chi connectivity index (χ0v) is 18.7. The largest absolute Gasteiger partial charge is 0.507 e. The third-order valence-electron chi connectivity index (χ3n) is 5.61. The summed E-state index contributed by atoms with van der Waals surface area (Å²) in [6, 6.07) is 4.91. The number of hydrogen-bond donors (Lipinski definition) is 8. The van der Waals surface area contributed by atoms with Gasteiger partial charge in [-0.15, -0.1) is 0 Å². The quantitative estimate of drug-likeness (QED) is 0.150. The minimum atomic E-state index is -5.26. The number of hydrogen-bond acceptors (Lipinski definition) is 13. The van der Waals surface area contributed by atoms with Gasteiger partial charge in [-0.1, -0.05) is 0 Å². The van der Waals surface area contributed by atoms with Crippen LogP contribution in [0.5, 0.6) is 23.0 Å². The molecule has 1 aromatic heterocycles. The van der Waals surface area contributed by atoms with Crippen LogP contribution in [0.2, 0.25) is 0 Å². The second-order valence-electron chi connectivity index (χ2n) is 7.95. The number of aliphatic hydroxyl groups is 4. The Labute approximate surface area is 201 Å². The number of aliphatic hydroxyl groups excluding tert-OH is 4. The summed E-state index contributed by atoms with van der Waals surface area (Å²) >= 11 is 0. The van der Waals surface area contributed by atoms with Crippen molar-refractivity contribution in [2.45, 2.75) is 30.5 Å². The van der Waals surface area contributed by atoms with Gasteiger partial charge < -0.3 is 49.1 Å². The third-order valence-corrected chi connectivity index (χ3v) is 6.00. The van der Waals surface area contributed by atoms with Crippen LogP contribution in [0, 0.1) is 0 Å². The molecule has 1 aliphatic rings. The van der Waals surface area contributed by atoms with E-state index in [1.165, 1.54) is 6.07 Å². The van der Waals surface area contributed by atoms with E-state index >= 15 is 0 Å². The highest BCUT2D eigenvalue weighted by molar-refractivity contribution is 7.81. The van der Waals surface area contributed by atoms with Crippen LogP contribution in [0.1, 0.15) is 11.7 Å². The number of rotatable bonds is 5. The number of benzene rings is 2. The highest BCUT2D eigenvalue weighted by Gasteiger charge is 2.46. The van der Waals surface area contributed by atoms with Crippen molar-refractivity contribution < 1.29 is 62.1 Å². The topological polar surface area (TPSA) is 245 Å². The summed E-state index contributed by atoms with van der Waals surface area (Å²) in [5, 5.41) is 69.7. The number of ether oxygens (including phenoxy) is 1. The van der Waals surface area contributed by atoms with E-state index in [4.69, 9.17) is 9.15 Å². The Hall–Kier alpha value is -3.44. The molecule has 36 heavy (non-hydrogen) atoms. The standard InChI is InChI=1S/C21H20O14S/c22-6-14-17(27)18(28)19(29)21(34-14)16-13(35-36(30,31)32)5-11(26)15-10(25)4-12(33-20(15)16)7-1-2-8(23)9(24)3-7/h1-5,14,17-19,21-24,26-29H,6H2,(H,30,31,32)/t14-,17-,18+,19-,21+/m1/s1. The molecule has 0 amide bonds. The van der Waals surface area contributed by atoms with Crippen LogP contribution in [0.25, 0.3) is 22.3 Å². The van der Waals surface area contributed by atoms with Crippen LogP contribution >= 0.6 is 0 Å². The monoisotopic (exact) mass is 528 g/mol. The van der Waals surface area contributed by atoms with Crippen molar-refractivity contribution in [1.82, 2.24) is 0 Å². The predicted octanol–water partition coefficient (Wildman–Crippen LogP) is -0.727. The van der Waals surface area contributed by atoms with Gasteiger partial charge in [0.15, 0.2) is 28.3 Å². The number of phenols is 3. The first-order valence-electron chi connectivity index (χ1n) is 10.2. The summed E-state index contributed by atoms with van der Waals surface area (Å²) in [4.78, 5) is 12.9. The maximum absolute atomic E-state index is 12.9. The third kappa shape index (κ3) is 4.56. The minimum absolute atomic E-state index is 0.0460. The fourth-order valence-corrected chi connectivity index (χ4v) is 4.29. The van der Waals surface area contributed by atoms with Crippen molar-refractivity contribution in [2.75, 3.05) is 6.61 Å². The average molecular weight is 528 g/mol. The molecule has 0 aliphatic carbocycles. The first-order chi connectivity index (χ1) is 16.8. The van der Waals surface area contributed by atoms with Gasteiger partial charge in [0.05, 0.1) is 12.2 Å². The lowest BCUT2D eigenvalue weighted by molar-refractivity contribution is -0.231. The van der Waals surface area contributed by atoms with E-state index in [0.717, 1.165) is 18.2 Å². The molecule has 194 valence electrons. The van der Waals surface area contributed by atoms with Crippen LogP contribution < -0.4 is 9.61 Å². The Morgan fingerprint density at radius 1 is 0.917 bits per heavy atom. The van der Waals surface area contributed by atoms with Crippen LogP contribution in [0.4, 0.5) is 0 Å². The van der Waals surface area contributed by atoms with Gasteiger partial charge in [-0.3, -0.25) is 9.35 Å². The van der Waals surface area contributed by atoms with E-state index in [-0.39, 0.29) is 11.3 Å². The molecule has 14 nitrogen and oxygen atoms in total. The molecule has 2 heterocycles. The number of fused-ring (bicyclic) bond motifs is 1. The van der Waals surface area contributed by atoms with Crippen LogP contribution in [0.3, 0.4) is 0 Å². The van der Waals surface area contributed by atoms with E-state index in [2.05, 4.69) is 4.18 Å². The molecule has 3 aromatic rings. The maximum Gasteiger partial charge on any atom is 0.446 e. The lowest BCUT2D eigenvalue weighted by Crippen LogP contribution is -2.55. The zero-order valence-electron chi connectivity index (χ0n) is 17.9. The lowest BCUT2D eigenvalue weighted by Gasteiger charge is -2.40. The summed E-state index contributed by atoms with van der Waals surface area (Å²) in [7, 11) is -5.26. The Morgan fingerprint density at radius 2 is 1.61 bits per heavy atom. The van der Waals surface area contributed by atoms with E-state index in [1.807, 2.05) is 0 Å². The SMILES string of the molecule is O=c1cc(-c2ccc(O)c(O)c2)oc2c([C@@H]3O[C@H](CO)[C@@H](O)[C@H](O)[C@H]3O)c(OS(=O)(=O)O)cc(O)c12. The maximum atomic E-state index is 12.9. The van der Waals surface area contributed by atoms with E-state index in [0.29, 0.717) is 6.07 Å². The second-order valence-corrected chi connectivity index (χ2v) is 8.97. The van der Waals surface area contributed by atoms with Gasteiger partial charge in [-0.25, -0.2) is 0 Å². The van der Waals surface area contributed by atoms with Gasteiger partial charge in [0.25, 0.3) is 0 Å². The molecule has 2 aromatic carbocycles. The van der Waals surface area contributed by atoms with Gasteiger partial charge in [0.1, 0.15) is 47.4 Å². The molecule has 0 bridgehead atoms. The molecule has 0 radical (unpaired) electrons. The van der Waals surface area contributed by atoms with Crippen molar-refractivity contribution in [2.24, 2.45) is 0 Å². The Morgan fingerprint density at radius 3 is 2.22 bits per heavy atom. The van der Waals surface area contributed by atoms with Crippen molar-refractivity contribution in [1.29, 1.82) is 0 Å². The molecule has 8 N–H and O–H groups in total. The Balaban J connectivity index is 2.06.